The predicted octanol–water partition coefficient (Wildman–Crippen LogP) is 3.18. The molecule has 0 spiro atoms. The highest BCUT2D eigenvalue weighted by molar-refractivity contribution is 7.14. The standard InChI is InChI=1S/C15H20N4O2S/c1-15(2,3)10-5-9(13(20)11(6-10)21-4)7-17-19-14-18-12(16)8-22-14/h5-8,20H,16H2,1-4H3,(H,18,19). The van der Waals surface area contributed by atoms with Crippen molar-refractivity contribution in [1.82, 2.24) is 4.98 Å². The van der Waals surface area contributed by atoms with Gasteiger partial charge in [0.1, 0.15) is 5.82 Å². The Morgan fingerprint density at radius 1 is 1.41 bits per heavy atom. The fourth-order valence-corrected chi connectivity index (χ4v) is 2.36. The molecule has 118 valence electrons. The van der Waals surface area contributed by atoms with Crippen LogP contribution in [-0.4, -0.2) is 23.4 Å². The summed E-state index contributed by atoms with van der Waals surface area (Å²) in [7, 11) is 1.53. The highest BCUT2D eigenvalue weighted by Crippen LogP contribution is 2.35. The molecule has 0 amide bonds. The van der Waals surface area contributed by atoms with Crippen molar-refractivity contribution in [2.75, 3.05) is 18.3 Å². The van der Waals surface area contributed by atoms with Crippen molar-refractivity contribution in [1.29, 1.82) is 0 Å². The lowest BCUT2D eigenvalue weighted by Gasteiger charge is -2.21. The number of benzene rings is 1. The van der Waals surface area contributed by atoms with Gasteiger partial charge in [-0.3, -0.25) is 5.43 Å². The topological polar surface area (TPSA) is 92.8 Å². The molecule has 0 saturated carbocycles. The molecule has 1 heterocycles. The second-order valence-corrected chi connectivity index (χ2v) is 6.67. The molecule has 22 heavy (non-hydrogen) atoms. The first-order chi connectivity index (χ1) is 10.3. The van der Waals surface area contributed by atoms with Gasteiger partial charge in [0.15, 0.2) is 11.5 Å². The monoisotopic (exact) mass is 320 g/mol. The average Bonchev–Trinajstić information content (AvgIpc) is 2.85. The Labute approximate surface area is 133 Å². The molecule has 0 fully saturated rings. The number of rotatable bonds is 4. The molecule has 6 nitrogen and oxygen atoms in total. The molecule has 0 saturated heterocycles. The summed E-state index contributed by atoms with van der Waals surface area (Å²) in [6, 6.07) is 3.72. The van der Waals surface area contributed by atoms with Crippen LogP contribution in [0.25, 0.3) is 0 Å². The lowest BCUT2D eigenvalue weighted by molar-refractivity contribution is 0.371. The zero-order chi connectivity index (χ0) is 16.3. The normalized spacial score (nSPS) is 11.8. The van der Waals surface area contributed by atoms with Gasteiger partial charge in [0.05, 0.1) is 13.3 Å². The SMILES string of the molecule is COc1cc(C(C)(C)C)cc(C=NNc2nc(N)cs2)c1O. The quantitative estimate of drug-likeness (QED) is 0.594. The lowest BCUT2D eigenvalue weighted by atomic mass is 9.86. The van der Waals surface area contributed by atoms with Gasteiger partial charge in [-0.25, -0.2) is 4.98 Å². The van der Waals surface area contributed by atoms with Gasteiger partial charge in [0, 0.05) is 10.9 Å². The van der Waals surface area contributed by atoms with Crippen molar-refractivity contribution in [2.45, 2.75) is 26.2 Å². The van der Waals surface area contributed by atoms with Gasteiger partial charge in [-0.1, -0.05) is 20.8 Å². The second kappa shape index (κ2) is 6.23. The molecule has 2 aromatic rings. The molecule has 0 aliphatic carbocycles. The molecule has 0 aliphatic heterocycles. The van der Waals surface area contributed by atoms with E-state index in [1.807, 2.05) is 12.1 Å². The van der Waals surface area contributed by atoms with Gasteiger partial charge in [-0.15, -0.1) is 11.3 Å². The number of nitrogens with zero attached hydrogens (tertiary/aromatic N) is 2. The summed E-state index contributed by atoms with van der Waals surface area (Å²) in [5, 5.41) is 16.6. The van der Waals surface area contributed by atoms with Crippen LogP contribution in [0, 0.1) is 0 Å². The lowest BCUT2D eigenvalue weighted by Crippen LogP contribution is -2.12. The van der Waals surface area contributed by atoms with Crippen LogP contribution in [0.1, 0.15) is 31.9 Å². The number of aromatic hydroxyl groups is 1. The zero-order valence-electron chi connectivity index (χ0n) is 13.0. The van der Waals surface area contributed by atoms with Crippen LogP contribution in [0.3, 0.4) is 0 Å². The average molecular weight is 320 g/mol. The number of hydrogen-bond acceptors (Lipinski definition) is 7. The van der Waals surface area contributed by atoms with Crippen LogP contribution in [0.15, 0.2) is 22.6 Å². The van der Waals surface area contributed by atoms with Crippen molar-refractivity contribution in [2.24, 2.45) is 5.10 Å². The number of methoxy groups -OCH3 is 1. The Bertz CT molecular complexity index is 689. The number of hydrogen-bond donors (Lipinski definition) is 3. The van der Waals surface area contributed by atoms with Crippen molar-refractivity contribution in [3.8, 4) is 11.5 Å². The second-order valence-electron chi connectivity index (χ2n) is 5.81. The van der Waals surface area contributed by atoms with E-state index in [4.69, 9.17) is 10.5 Å². The van der Waals surface area contributed by atoms with Crippen LogP contribution in [0.4, 0.5) is 10.9 Å². The number of phenolic OH excluding ortho intramolecular Hbond substituents is 1. The summed E-state index contributed by atoms with van der Waals surface area (Å²) < 4.78 is 5.23. The number of phenols is 1. The Hall–Kier alpha value is -2.28. The third-order valence-electron chi connectivity index (χ3n) is 3.08. The van der Waals surface area contributed by atoms with E-state index in [0.717, 1.165) is 5.56 Å². The molecule has 0 unspecified atom stereocenters. The fraction of sp³-hybridized carbons (Fsp3) is 0.333. The van der Waals surface area contributed by atoms with Crippen molar-refractivity contribution >= 4 is 28.5 Å². The van der Waals surface area contributed by atoms with Crippen LogP contribution >= 0.6 is 11.3 Å². The van der Waals surface area contributed by atoms with Gasteiger partial charge >= 0.3 is 0 Å². The van der Waals surface area contributed by atoms with E-state index in [-0.39, 0.29) is 11.2 Å². The summed E-state index contributed by atoms with van der Waals surface area (Å²) in [4.78, 5) is 4.04. The molecular weight excluding hydrogens is 300 g/mol. The maximum Gasteiger partial charge on any atom is 0.205 e. The van der Waals surface area contributed by atoms with Gasteiger partial charge in [-0.05, 0) is 23.1 Å². The molecule has 1 aromatic heterocycles. The van der Waals surface area contributed by atoms with Gasteiger partial charge in [0.25, 0.3) is 0 Å². The van der Waals surface area contributed by atoms with E-state index in [0.29, 0.717) is 22.3 Å². The summed E-state index contributed by atoms with van der Waals surface area (Å²) >= 11 is 1.36. The minimum absolute atomic E-state index is 0.0553. The van der Waals surface area contributed by atoms with E-state index < -0.39 is 0 Å². The summed E-state index contributed by atoms with van der Waals surface area (Å²) in [5.74, 6) is 0.925. The van der Waals surface area contributed by atoms with Crippen LogP contribution in [0.2, 0.25) is 0 Å². The van der Waals surface area contributed by atoms with Crippen LogP contribution in [0.5, 0.6) is 11.5 Å². The molecule has 0 radical (unpaired) electrons. The van der Waals surface area contributed by atoms with Gasteiger partial charge in [-0.2, -0.15) is 5.10 Å². The summed E-state index contributed by atoms with van der Waals surface area (Å²) in [5.41, 5.74) is 9.87. The van der Waals surface area contributed by atoms with Gasteiger partial charge in [0.2, 0.25) is 5.13 Å². The number of nitrogens with two attached hydrogens (primary N) is 1. The van der Waals surface area contributed by atoms with Crippen molar-refractivity contribution in [3.63, 3.8) is 0 Å². The van der Waals surface area contributed by atoms with Gasteiger partial charge < -0.3 is 15.6 Å². The number of aromatic nitrogens is 1. The highest BCUT2D eigenvalue weighted by atomic mass is 32.1. The van der Waals surface area contributed by atoms with E-state index in [9.17, 15) is 5.11 Å². The minimum atomic E-state index is -0.0687. The number of nitrogen functional groups attached to an aromatic ring is 1. The van der Waals surface area contributed by atoms with E-state index in [1.54, 1.807) is 5.38 Å². The molecule has 7 heteroatoms. The first kappa shape index (κ1) is 16.1. The smallest absolute Gasteiger partial charge is 0.205 e. The molecular formula is C15H20N4O2S. The summed E-state index contributed by atoms with van der Waals surface area (Å²) in [6.07, 6.45) is 1.53. The minimum Gasteiger partial charge on any atom is -0.504 e. The molecule has 2 rings (SSSR count). The molecule has 0 atom stereocenters. The Morgan fingerprint density at radius 2 is 2.14 bits per heavy atom. The third-order valence-corrected chi connectivity index (χ3v) is 3.84. The number of nitrogens with one attached hydrogen (secondary N) is 1. The number of hydrazone groups is 1. The molecule has 0 bridgehead atoms. The maximum atomic E-state index is 10.2. The molecule has 1 aromatic carbocycles. The summed E-state index contributed by atoms with van der Waals surface area (Å²) in [6.45, 7) is 6.28. The van der Waals surface area contributed by atoms with E-state index >= 15 is 0 Å². The Kier molecular flexibility index (Phi) is 4.56. The number of anilines is 2. The first-order valence-electron chi connectivity index (χ1n) is 6.73. The maximum absolute atomic E-state index is 10.2. The number of ether oxygens (including phenoxy) is 1. The van der Waals surface area contributed by atoms with Crippen molar-refractivity contribution in [3.05, 3.63) is 28.6 Å². The van der Waals surface area contributed by atoms with Crippen LogP contribution < -0.4 is 15.9 Å². The fourth-order valence-electron chi connectivity index (χ4n) is 1.81. The predicted molar refractivity (Wildman–Crippen MR) is 91.1 cm³/mol. The van der Waals surface area contributed by atoms with E-state index in [2.05, 4.69) is 36.3 Å². The number of thiazole rings is 1. The molecule has 0 aliphatic rings. The third kappa shape index (κ3) is 3.67. The highest BCUT2D eigenvalue weighted by Gasteiger charge is 2.18. The molecule has 4 N–H and O–H groups in total. The van der Waals surface area contributed by atoms with Crippen LogP contribution in [-0.2, 0) is 5.41 Å². The Balaban J connectivity index is 2.29. The largest absolute Gasteiger partial charge is 0.504 e. The van der Waals surface area contributed by atoms with E-state index in [1.165, 1.54) is 24.7 Å². The first-order valence-corrected chi connectivity index (χ1v) is 7.61. The zero-order valence-corrected chi connectivity index (χ0v) is 13.9. The van der Waals surface area contributed by atoms with Crippen molar-refractivity contribution < 1.29 is 9.84 Å². The Morgan fingerprint density at radius 3 is 2.68 bits per heavy atom.